The fraction of sp³-hybridized carbons (Fsp3) is 0.286. The minimum Gasteiger partial charge on any atom is -0.351 e. The second-order valence-corrected chi connectivity index (χ2v) is 8.58. The van der Waals surface area contributed by atoms with Crippen molar-refractivity contribution in [3.05, 3.63) is 57.4 Å². The summed E-state index contributed by atoms with van der Waals surface area (Å²) in [5, 5.41) is 7.54. The van der Waals surface area contributed by atoms with Gasteiger partial charge < -0.3 is 10.6 Å². The molecule has 3 aromatic rings. The summed E-state index contributed by atoms with van der Waals surface area (Å²) in [5.74, 6) is 1.36. The van der Waals surface area contributed by atoms with Gasteiger partial charge in [-0.25, -0.2) is 4.98 Å². The molecule has 0 aliphatic heterocycles. The quantitative estimate of drug-likeness (QED) is 0.399. The van der Waals surface area contributed by atoms with Gasteiger partial charge >= 0.3 is 0 Å². The van der Waals surface area contributed by atoms with E-state index in [4.69, 9.17) is 21.6 Å². The molecule has 2 aromatic heterocycles. The molecule has 1 saturated carbocycles. The maximum Gasteiger partial charge on any atom is 0.225 e. The average Bonchev–Trinajstić information content (AvgIpc) is 2.71. The molecule has 1 aliphatic rings. The normalized spacial score (nSPS) is 14.6. The first-order valence-corrected chi connectivity index (χ1v) is 10.9. The Hall–Kier alpha value is -1.93. The lowest BCUT2D eigenvalue weighted by Crippen LogP contribution is -2.23. The second kappa shape index (κ2) is 9.05. The van der Waals surface area contributed by atoms with Gasteiger partial charge in [0.1, 0.15) is 5.82 Å². The largest absolute Gasteiger partial charge is 0.351 e. The number of pyridine rings is 1. The minimum atomic E-state index is 0.427. The first-order chi connectivity index (χ1) is 13.7. The van der Waals surface area contributed by atoms with Crippen LogP contribution in [0.4, 0.5) is 17.5 Å². The fourth-order valence-corrected chi connectivity index (χ4v) is 4.31. The van der Waals surface area contributed by atoms with E-state index in [1.807, 2.05) is 36.4 Å². The summed E-state index contributed by atoms with van der Waals surface area (Å²) in [6, 6.07) is 12.2. The SMILES string of the molecule is Clc1cc(I)ccc1Nc1cc(-c2ccncc2)nc(NC2CCCCC2)n1. The summed E-state index contributed by atoms with van der Waals surface area (Å²) in [6.45, 7) is 0. The van der Waals surface area contributed by atoms with Gasteiger partial charge in [0.2, 0.25) is 5.95 Å². The Bertz CT molecular complexity index is 945. The van der Waals surface area contributed by atoms with Crippen LogP contribution in [0, 0.1) is 3.57 Å². The van der Waals surface area contributed by atoms with Gasteiger partial charge in [-0.15, -0.1) is 0 Å². The first-order valence-electron chi connectivity index (χ1n) is 9.45. The number of benzene rings is 1. The lowest BCUT2D eigenvalue weighted by molar-refractivity contribution is 0.461. The number of halogens is 2. The number of hydrogen-bond donors (Lipinski definition) is 2. The number of nitrogens with one attached hydrogen (secondary N) is 2. The predicted octanol–water partition coefficient (Wildman–Crippen LogP) is 6.28. The lowest BCUT2D eigenvalue weighted by Gasteiger charge is -2.23. The molecule has 1 aromatic carbocycles. The van der Waals surface area contributed by atoms with E-state index in [2.05, 4.69) is 38.2 Å². The summed E-state index contributed by atoms with van der Waals surface area (Å²) in [4.78, 5) is 13.6. The van der Waals surface area contributed by atoms with Crippen molar-refractivity contribution in [3.63, 3.8) is 0 Å². The van der Waals surface area contributed by atoms with Gasteiger partial charge in [0, 0.05) is 33.6 Å². The molecule has 2 N–H and O–H groups in total. The van der Waals surface area contributed by atoms with E-state index in [9.17, 15) is 0 Å². The second-order valence-electron chi connectivity index (χ2n) is 6.93. The van der Waals surface area contributed by atoms with Crippen LogP contribution in [0.25, 0.3) is 11.3 Å². The Morgan fingerprint density at radius 1 is 0.964 bits per heavy atom. The smallest absolute Gasteiger partial charge is 0.225 e. The molecule has 7 heteroatoms. The van der Waals surface area contributed by atoms with E-state index < -0.39 is 0 Å². The van der Waals surface area contributed by atoms with Crippen LogP contribution in [0.3, 0.4) is 0 Å². The van der Waals surface area contributed by atoms with Crippen LogP contribution in [0.5, 0.6) is 0 Å². The molecule has 1 fully saturated rings. The van der Waals surface area contributed by atoms with Gasteiger partial charge in [-0.2, -0.15) is 4.98 Å². The number of anilines is 3. The van der Waals surface area contributed by atoms with Crippen LogP contribution in [0.2, 0.25) is 5.02 Å². The Morgan fingerprint density at radius 3 is 2.50 bits per heavy atom. The van der Waals surface area contributed by atoms with E-state index in [0.717, 1.165) is 33.4 Å². The molecule has 4 rings (SSSR count). The molecule has 0 saturated heterocycles. The third-order valence-corrected chi connectivity index (χ3v) is 5.82. The molecule has 0 radical (unpaired) electrons. The summed E-state index contributed by atoms with van der Waals surface area (Å²) >= 11 is 8.65. The standard InChI is InChI=1S/C21H21ClIN5/c22-17-12-15(23)6-7-18(17)26-20-13-19(14-8-10-24-11-9-14)27-21(28-20)25-16-4-2-1-3-5-16/h6-13,16H,1-5H2,(H2,25,26,27,28). The molecule has 144 valence electrons. The van der Waals surface area contributed by atoms with Crippen molar-refractivity contribution in [1.29, 1.82) is 0 Å². The van der Waals surface area contributed by atoms with E-state index >= 15 is 0 Å². The molecule has 0 unspecified atom stereocenters. The van der Waals surface area contributed by atoms with Gasteiger partial charge in [0.15, 0.2) is 0 Å². The van der Waals surface area contributed by atoms with Crippen molar-refractivity contribution in [2.24, 2.45) is 0 Å². The van der Waals surface area contributed by atoms with Crippen molar-refractivity contribution >= 4 is 51.6 Å². The average molecular weight is 506 g/mol. The summed E-state index contributed by atoms with van der Waals surface area (Å²) in [7, 11) is 0. The number of rotatable bonds is 5. The molecule has 1 aliphatic carbocycles. The van der Waals surface area contributed by atoms with Crippen LogP contribution >= 0.6 is 34.2 Å². The minimum absolute atomic E-state index is 0.427. The van der Waals surface area contributed by atoms with E-state index in [1.54, 1.807) is 12.4 Å². The van der Waals surface area contributed by atoms with Crippen LogP contribution in [0.15, 0.2) is 48.8 Å². The van der Waals surface area contributed by atoms with Gasteiger partial charge in [-0.1, -0.05) is 30.9 Å². The maximum atomic E-state index is 6.40. The van der Waals surface area contributed by atoms with Crippen molar-refractivity contribution < 1.29 is 0 Å². The molecular formula is C21H21ClIN5. The number of nitrogens with zero attached hydrogens (tertiary/aromatic N) is 3. The van der Waals surface area contributed by atoms with Crippen molar-refractivity contribution in [3.8, 4) is 11.3 Å². The summed E-state index contributed by atoms with van der Waals surface area (Å²) in [6.07, 6.45) is 9.69. The lowest BCUT2D eigenvalue weighted by atomic mass is 9.96. The number of hydrogen-bond acceptors (Lipinski definition) is 5. The predicted molar refractivity (Wildman–Crippen MR) is 123 cm³/mol. The van der Waals surface area contributed by atoms with E-state index in [1.165, 1.54) is 19.3 Å². The molecule has 5 nitrogen and oxygen atoms in total. The highest BCUT2D eigenvalue weighted by Crippen LogP contribution is 2.29. The summed E-state index contributed by atoms with van der Waals surface area (Å²) < 4.78 is 1.09. The Morgan fingerprint density at radius 2 is 1.75 bits per heavy atom. The monoisotopic (exact) mass is 505 g/mol. The van der Waals surface area contributed by atoms with E-state index in [-0.39, 0.29) is 0 Å². The van der Waals surface area contributed by atoms with Crippen LogP contribution < -0.4 is 10.6 Å². The van der Waals surface area contributed by atoms with Gasteiger partial charge in [0.25, 0.3) is 0 Å². The van der Waals surface area contributed by atoms with Crippen LogP contribution in [-0.2, 0) is 0 Å². The molecule has 0 atom stereocenters. The van der Waals surface area contributed by atoms with Crippen molar-refractivity contribution in [1.82, 2.24) is 15.0 Å². The van der Waals surface area contributed by atoms with Crippen molar-refractivity contribution in [2.45, 2.75) is 38.1 Å². The molecule has 0 spiro atoms. The molecule has 0 bridgehead atoms. The fourth-order valence-electron chi connectivity index (χ4n) is 3.40. The zero-order chi connectivity index (χ0) is 19.3. The van der Waals surface area contributed by atoms with E-state index in [0.29, 0.717) is 22.8 Å². The molecular weight excluding hydrogens is 485 g/mol. The summed E-state index contributed by atoms with van der Waals surface area (Å²) in [5.41, 5.74) is 2.67. The number of aromatic nitrogens is 3. The Balaban J connectivity index is 1.66. The first kappa shape index (κ1) is 19.4. The van der Waals surface area contributed by atoms with Gasteiger partial charge in [-0.05, 0) is 65.8 Å². The third kappa shape index (κ3) is 4.91. The zero-order valence-electron chi connectivity index (χ0n) is 15.3. The Labute approximate surface area is 183 Å². The zero-order valence-corrected chi connectivity index (χ0v) is 18.2. The maximum absolute atomic E-state index is 6.40. The van der Waals surface area contributed by atoms with Gasteiger partial charge in [0.05, 0.1) is 16.4 Å². The van der Waals surface area contributed by atoms with Crippen LogP contribution in [0.1, 0.15) is 32.1 Å². The highest BCUT2D eigenvalue weighted by atomic mass is 127. The van der Waals surface area contributed by atoms with Gasteiger partial charge in [-0.3, -0.25) is 4.98 Å². The molecule has 28 heavy (non-hydrogen) atoms. The van der Waals surface area contributed by atoms with Crippen LogP contribution in [-0.4, -0.2) is 21.0 Å². The van der Waals surface area contributed by atoms with Crippen molar-refractivity contribution in [2.75, 3.05) is 10.6 Å². The highest BCUT2D eigenvalue weighted by molar-refractivity contribution is 14.1. The molecule has 2 heterocycles. The highest BCUT2D eigenvalue weighted by Gasteiger charge is 2.16. The third-order valence-electron chi connectivity index (χ3n) is 4.83. The molecule has 0 amide bonds. The Kier molecular flexibility index (Phi) is 6.26. The topological polar surface area (TPSA) is 62.7 Å².